The minimum absolute atomic E-state index is 0.124. The maximum Gasteiger partial charge on any atom is 0.243 e. The van der Waals surface area contributed by atoms with Crippen LogP contribution in [0.4, 0.5) is 0 Å². The summed E-state index contributed by atoms with van der Waals surface area (Å²) in [5, 5.41) is 2.74. The van der Waals surface area contributed by atoms with Crippen LogP contribution in [0.1, 0.15) is 12.0 Å². The molecule has 0 bridgehead atoms. The van der Waals surface area contributed by atoms with E-state index in [1.807, 2.05) is 18.2 Å². The highest BCUT2D eigenvalue weighted by Crippen LogP contribution is 2.32. The van der Waals surface area contributed by atoms with Crippen LogP contribution in [0.5, 0.6) is 11.5 Å². The number of rotatable bonds is 5. The van der Waals surface area contributed by atoms with Crippen LogP contribution in [-0.2, 0) is 4.79 Å². The van der Waals surface area contributed by atoms with Crippen LogP contribution in [0.15, 0.2) is 24.3 Å². The lowest BCUT2D eigenvalue weighted by atomic mass is 10.2. The van der Waals surface area contributed by atoms with Crippen molar-refractivity contribution in [1.29, 1.82) is 0 Å². The predicted octanol–water partition coefficient (Wildman–Crippen LogP) is 0.893. The second kappa shape index (κ2) is 6.07. The van der Waals surface area contributed by atoms with Gasteiger partial charge in [-0.2, -0.15) is 0 Å². The summed E-state index contributed by atoms with van der Waals surface area (Å²) in [6, 6.07) is 5.54. The SMILES string of the molecule is NCCCNC(=O)/C=C/c1ccc2c(c1)OCO2. The summed E-state index contributed by atoms with van der Waals surface area (Å²) in [4.78, 5) is 11.4. The van der Waals surface area contributed by atoms with Crippen molar-refractivity contribution in [3.63, 3.8) is 0 Å². The fourth-order valence-electron chi connectivity index (χ4n) is 1.56. The molecule has 1 aromatic rings. The molecule has 0 spiro atoms. The number of hydrogen-bond acceptors (Lipinski definition) is 4. The number of carbonyl (C=O) groups is 1. The molecular weight excluding hydrogens is 232 g/mol. The molecule has 3 N–H and O–H groups in total. The number of nitrogens with one attached hydrogen (secondary N) is 1. The van der Waals surface area contributed by atoms with Crippen molar-refractivity contribution in [1.82, 2.24) is 5.32 Å². The number of carbonyl (C=O) groups excluding carboxylic acids is 1. The molecule has 2 rings (SSSR count). The Hall–Kier alpha value is -2.01. The molecule has 1 heterocycles. The Morgan fingerprint density at radius 2 is 2.22 bits per heavy atom. The van der Waals surface area contributed by atoms with E-state index in [-0.39, 0.29) is 12.7 Å². The summed E-state index contributed by atoms with van der Waals surface area (Å²) in [6.45, 7) is 1.43. The van der Waals surface area contributed by atoms with Gasteiger partial charge in [0, 0.05) is 12.6 Å². The number of nitrogens with two attached hydrogens (primary N) is 1. The van der Waals surface area contributed by atoms with E-state index in [9.17, 15) is 4.79 Å². The number of ether oxygens (including phenoxy) is 2. The van der Waals surface area contributed by atoms with Crippen molar-refractivity contribution in [2.24, 2.45) is 5.73 Å². The van der Waals surface area contributed by atoms with Gasteiger partial charge in [-0.15, -0.1) is 0 Å². The number of benzene rings is 1. The van der Waals surface area contributed by atoms with E-state index in [2.05, 4.69) is 5.32 Å². The van der Waals surface area contributed by atoms with E-state index >= 15 is 0 Å². The summed E-state index contributed by atoms with van der Waals surface area (Å²) < 4.78 is 10.5. The zero-order valence-corrected chi connectivity index (χ0v) is 10.0. The third kappa shape index (κ3) is 3.24. The van der Waals surface area contributed by atoms with Crippen LogP contribution in [0.3, 0.4) is 0 Å². The van der Waals surface area contributed by atoms with Crippen molar-refractivity contribution in [3.8, 4) is 11.5 Å². The minimum atomic E-state index is -0.124. The lowest BCUT2D eigenvalue weighted by Crippen LogP contribution is -2.23. The van der Waals surface area contributed by atoms with Gasteiger partial charge in [-0.1, -0.05) is 6.07 Å². The van der Waals surface area contributed by atoms with E-state index in [1.165, 1.54) is 6.08 Å². The van der Waals surface area contributed by atoms with Crippen molar-refractivity contribution < 1.29 is 14.3 Å². The van der Waals surface area contributed by atoms with Crippen molar-refractivity contribution in [3.05, 3.63) is 29.8 Å². The topological polar surface area (TPSA) is 73.6 Å². The Morgan fingerprint density at radius 3 is 3.06 bits per heavy atom. The maximum atomic E-state index is 11.4. The Kier molecular flexibility index (Phi) is 4.20. The van der Waals surface area contributed by atoms with Gasteiger partial charge in [0.2, 0.25) is 12.7 Å². The van der Waals surface area contributed by atoms with Gasteiger partial charge in [-0.05, 0) is 36.7 Å². The van der Waals surface area contributed by atoms with Crippen molar-refractivity contribution in [2.75, 3.05) is 19.9 Å². The largest absolute Gasteiger partial charge is 0.454 e. The fourth-order valence-corrected chi connectivity index (χ4v) is 1.56. The lowest BCUT2D eigenvalue weighted by molar-refractivity contribution is -0.116. The molecule has 0 saturated carbocycles. The van der Waals surface area contributed by atoms with Crippen LogP contribution in [0, 0.1) is 0 Å². The molecule has 96 valence electrons. The number of amides is 1. The Morgan fingerprint density at radius 1 is 1.39 bits per heavy atom. The fraction of sp³-hybridized carbons (Fsp3) is 0.308. The summed E-state index contributed by atoms with van der Waals surface area (Å²) in [5.74, 6) is 1.32. The zero-order chi connectivity index (χ0) is 12.8. The number of fused-ring (bicyclic) bond motifs is 1. The van der Waals surface area contributed by atoms with E-state index in [4.69, 9.17) is 15.2 Å². The monoisotopic (exact) mass is 248 g/mol. The van der Waals surface area contributed by atoms with Gasteiger partial charge >= 0.3 is 0 Å². The molecule has 1 aliphatic rings. The molecule has 0 unspecified atom stereocenters. The van der Waals surface area contributed by atoms with Gasteiger partial charge in [0.1, 0.15) is 0 Å². The maximum absolute atomic E-state index is 11.4. The highest BCUT2D eigenvalue weighted by Gasteiger charge is 2.12. The molecule has 5 nitrogen and oxygen atoms in total. The van der Waals surface area contributed by atoms with Crippen LogP contribution >= 0.6 is 0 Å². The average molecular weight is 248 g/mol. The van der Waals surface area contributed by atoms with Gasteiger partial charge in [-0.25, -0.2) is 0 Å². The van der Waals surface area contributed by atoms with Crippen LogP contribution in [0.25, 0.3) is 6.08 Å². The van der Waals surface area contributed by atoms with E-state index < -0.39 is 0 Å². The molecule has 0 atom stereocenters. The molecule has 0 fully saturated rings. The quantitative estimate of drug-likeness (QED) is 0.599. The molecule has 18 heavy (non-hydrogen) atoms. The van der Waals surface area contributed by atoms with Crippen molar-refractivity contribution >= 4 is 12.0 Å². The van der Waals surface area contributed by atoms with Crippen molar-refractivity contribution in [2.45, 2.75) is 6.42 Å². The molecule has 0 aliphatic carbocycles. The molecular formula is C13H16N2O3. The second-order valence-electron chi connectivity index (χ2n) is 3.88. The van der Waals surface area contributed by atoms with Gasteiger partial charge < -0.3 is 20.5 Å². The highest BCUT2D eigenvalue weighted by molar-refractivity contribution is 5.91. The molecule has 0 aromatic heterocycles. The van der Waals surface area contributed by atoms with E-state index in [1.54, 1.807) is 6.08 Å². The van der Waals surface area contributed by atoms with Gasteiger partial charge in [0.25, 0.3) is 0 Å². The first-order chi connectivity index (χ1) is 8.79. The highest BCUT2D eigenvalue weighted by atomic mass is 16.7. The normalized spacial score (nSPS) is 12.9. The zero-order valence-electron chi connectivity index (χ0n) is 10.0. The minimum Gasteiger partial charge on any atom is -0.454 e. The van der Waals surface area contributed by atoms with Crippen LogP contribution < -0.4 is 20.5 Å². The first-order valence-corrected chi connectivity index (χ1v) is 5.85. The second-order valence-corrected chi connectivity index (χ2v) is 3.88. The Balaban J connectivity index is 1.90. The third-order valence-electron chi connectivity index (χ3n) is 2.50. The first kappa shape index (κ1) is 12.4. The smallest absolute Gasteiger partial charge is 0.243 e. The summed E-state index contributed by atoms with van der Waals surface area (Å²) in [5.41, 5.74) is 6.23. The third-order valence-corrected chi connectivity index (χ3v) is 2.50. The predicted molar refractivity (Wildman–Crippen MR) is 68.3 cm³/mol. The molecule has 0 saturated heterocycles. The standard InChI is InChI=1S/C13H16N2O3/c14-6-1-7-15-13(16)5-3-10-2-4-11-12(8-10)18-9-17-11/h2-5,8H,1,6-7,9,14H2,(H,15,16)/b5-3+. The summed E-state index contributed by atoms with van der Waals surface area (Å²) in [7, 11) is 0. The van der Waals surface area contributed by atoms with Gasteiger partial charge in [0.05, 0.1) is 0 Å². The average Bonchev–Trinajstić information content (AvgIpc) is 2.84. The van der Waals surface area contributed by atoms with E-state index in [0.29, 0.717) is 18.8 Å². The summed E-state index contributed by atoms with van der Waals surface area (Å²) >= 11 is 0. The van der Waals surface area contributed by atoms with Gasteiger partial charge in [-0.3, -0.25) is 4.79 Å². The Labute approximate surface area is 106 Å². The summed E-state index contributed by atoms with van der Waals surface area (Å²) in [6.07, 6.45) is 4.01. The molecule has 1 aliphatic heterocycles. The lowest BCUT2D eigenvalue weighted by Gasteiger charge is -2.00. The van der Waals surface area contributed by atoms with Crippen LogP contribution in [-0.4, -0.2) is 25.8 Å². The van der Waals surface area contributed by atoms with Crippen LogP contribution in [0.2, 0.25) is 0 Å². The van der Waals surface area contributed by atoms with E-state index in [0.717, 1.165) is 17.7 Å². The number of hydrogen-bond donors (Lipinski definition) is 2. The van der Waals surface area contributed by atoms with Gasteiger partial charge in [0.15, 0.2) is 11.5 Å². The first-order valence-electron chi connectivity index (χ1n) is 5.85. The molecule has 1 amide bonds. The molecule has 1 aromatic carbocycles. The Bertz CT molecular complexity index is 458. The molecule has 0 radical (unpaired) electrons. The molecule has 5 heteroatoms.